The lowest BCUT2D eigenvalue weighted by Gasteiger charge is -2.22. The van der Waals surface area contributed by atoms with Crippen molar-refractivity contribution < 1.29 is 14.6 Å². The molecule has 3 rings (SSSR count). The van der Waals surface area contributed by atoms with Gasteiger partial charge in [0.25, 0.3) is 0 Å². The van der Waals surface area contributed by atoms with Crippen LogP contribution in [0.3, 0.4) is 0 Å². The molecule has 2 aromatic rings. The predicted molar refractivity (Wildman–Crippen MR) is 79.6 cm³/mol. The summed E-state index contributed by atoms with van der Waals surface area (Å²) in [7, 11) is 0. The van der Waals surface area contributed by atoms with Crippen LogP contribution in [-0.4, -0.2) is 44.1 Å². The summed E-state index contributed by atoms with van der Waals surface area (Å²) in [4.78, 5) is 19.4. The number of aromatic nitrogens is 3. The summed E-state index contributed by atoms with van der Waals surface area (Å²) in [6.45, 7) is 2.89. The Kier molecular flexibility index (Phi) is 4.12. The van der Waals surface area contributed by atoms with E-state index in [-0.39, 0.29) is 17.9 Å². The van der Waals surface area contributed by atoms with Gasteiger partial charge in [-0.25, -0.2) is 4.98 Å². The zero-order valence-corrected chi connectivity index (χ0v) is 12.5. The number of pyridine rings is 1. The Morgan fingerprint density at radius 1 is 1.67 bits per heavy atom. The van der Waals surface area contributed by atoms with Gasteiger partial charge in [-0.3, -0.25) is 9.78 Å². The quantitative estimate of drug-likeness (QED) is 0.854. The van der Waals surface area contributed by atoms with Crippen LogP contribution >= 0.6 is 11.8 Å². The van der Waals surface area contributed by atoms with Crippen LogP contribution in [-0.2, 0) is 9.53 Å². The van der Waals surface area contributed by atoms with E-state index in [1.165, 1.54) is 11.8 Å². The molecule has 0 amide bonds. The maximum absolute atomic E-state index is 10.8. The Labute approximate surface area is 126 Å². The van der Waals surface area contributed by atoms with E-state index in [2.05, 4.69) is 21.5 Å². The van der Waals surface area contributed by atoms with Gasteiger partial charge in [0.15, 0.2) is 5.16 Å². The van der Waals surface area contributed by atoms with E-state index in [1.807, 2.05) is 6.07 Å². The van der Waals surface area contributed by atoms with Crippen molar-refractivity contribution in [2.24, 2.45) is 0 Å². The summed E-state index contributed by atoms with van der Waals surface area (Å²) >= 11 is 1.24. The highest BCUT2D eigenvalue weighted by Crippen LogP contribution is 2.32. The van der Waals surface area contributed by atoms with Gasteiger partial charge in [0.2, 0.25) is 0 Å². The first-order valence-electron chi connectivity index (χ1n) is 6.95. The van der Waals surface area contributed by atoms with Crippen molar-refractivity contribution in [3.8, 4) is 0 Å². The maximum atomic E-state index is 10.8. The van der Waals surface area contributed by atoms with Crippen LogP contribution in [0, 0.1) is 0 Å². The van der Waals surface area contributed by atoms with Gasteiger partial charge in [0.05, 0.1) is 29.6 Å². The van der Waals surface area contributed by atoms with E-state index in [1.54, 1.807) is 12.4 Å². The summed E-state index contributed by atoms with van der Waals surface area (Å²) in [6.07, 6.45) is 5.68. The summed E-state index contributed by atoms with van der Waals surface area (Å²) in [5.74, 6) is -0.851. The maximum Gasteiger partial charge on any atom is 0.313 e. The van der Waals surface area contributed by atoms with Crippen LogP contribution in [0.2, 0.25) is 0 Å². The third-order valence-corrected chi connectivity index (χ3v) is 4.63. The van der Waals surface area contributed by atoms with Crippen molar-refractivity contribution >= 4 is 28.8 Å². The molecule has 7 heteroatoms. The molecule has 0 saturated carbocycles. The lowest BCUT2D eigenvalue weighted by Crippen LogP contribution is -2.21. The molecular formula is C14H17N3O3S. The minimum Gasteiger partial charge on any atom is -0.481 e. The molecule has 1 saturated heterocycles. The molecule has 0 radical (unpaired) electrons. The Morgan fingerprint density at radius 2 is 2.52 bits per heavy atom. The minimum atomic E-state index is -0.846. The fourth-order valence-corrected chi connectivity index (χ4v) is 3.52. The number of aliphatic carboxylic acids is 1. The first-order valence-corrected chi connectivity index (χ1v) is 7.93. The molecule has 6 nitrogen and oxygen atoms in total. The highest BCUT2D eigenvalue weighted by atomic mass is 32.2. The van der Waals surface area contributed by atoms with E-state index in [0.717, 1.165) is 30.5 Å². The van der Waals surface area contributed by atoms with Crippen LogP contribution in [0.1, 0.15) is 25.8 Å². The molecule has 1 aliphatic heterocycles. The molecule has 1 fully saturated rings. The highest BCUT2D eigenvalue weighted by molar-refractivity contribution is 7.99. The lowest BCUT2D eigenvalue weighted by atomic mass is 10.1. The van der Waals surface area contributed by atoms with Crippen LogP contribution < -0.4 is 0 Å². The predicted octanol–water partition coefficient (Wildman–Crippen LogP) is 2.35. The number of fused-ring (bicyclic) bond motifs is 1. The summed E-state index contributed by atoms with van der Waals surface area (Å²) in [5.41, 5.74) is 1.76. The van der Waals surface area contributed by atoms with Crippen LogP contribution in [0.25, 0.3) is 11.0 Å². The Bertz CT molecular complexity index is 652. The molecule has 1 N–H and O–H groups in total. The van der Waals surface area contributed by atoms with Gasteiger partial charge in [-0.2, -0.15) is 0 Å². The molecule has 112 valence electrons. The van der Waals surface area contributed by atoms with Crippen molar-refractivity contribution in [2.45, 2.75) is 37.1 Å². The number of carbonyl (C=O) groups is 1. The van der Waals surface area contributed by atoms with Crippen molar-refractivity contribution in [3.63, 3.8) is 0 Å². The minimum absolute atomic E-state index is 0.00497. The van der Waals surface area contributed by atoms with Crippen LogP contribution in [0.5, 0.6) is 0 Å². The van der Waals surface area contributed by atoms with E-state index in [4.69, 9.17) is 9.84 Å². The molecule has 0 aromatic carbocycles. The number of hydrogen-bond acceptors (Lipinski definition) is 5. The van der Waals surface area contributed by atoms with Gasteiger partial charge >= 0.3 is 5.97 Å². The highest BCUT2D eigenvalue weighted by Gasteiger charge is 2.27. The van der Waals surface area contributed by atoms with E-state index in [9.17, 15) is 4.79 Å². The number of nitrogens with zero attached hydrogens (tertiary/aromatic N) is 3. The van der Waals surface area contributed by atoms with Gasteiger partial charge in [-0.15, -0.1) is 0 Å². The molecule has 0 aliphatic carbocycles. The number of rotatable bonds is 5. The summed E-state index contributed by atoms with van der Waals surface area (Å²) in [5, 5.41) is 9.61. The van der Waals surface area contributed by atoms with Gasteiger partial charge in [0, 0.05) is 12.8 Å². The van der Waals surface area contributed by atoms with Crippen molar-refractivity contribution in [1.29, 1.82) is 0 Å². The molecule has 1 aliphatic rings. The number of thioether (sulfide) groups is 1. The van der Waals surface area contributed by atoms with Crippen molar-refractivity contribution in [3.05, 3.63) is 18.5 Å². The number of ether oxygens (including phenoxy) is 1. The van der Waals surface area contributed by atoms with Crippen molar-refractivity contribution in [1.82, 2.24) is 14.5 Å². The molecule has 0 spiro atoms. The smallest absolute Gasteiger partial charge is 0.313 e. The molecule has 2 aromatic heterocycles. The van der Waals surface area contributed by atoms with Gasteiger partial charge in [-0.1, -0.05) is 11.8 Å². The van der Waals surface area contributed by atoms with E-state index >= 15 is 0 Å². The molecule has 2 unspecified atom stereocenters. The second-order valence-electron chi connectivity index (χ2n) is 5.10. The summed E-state index contributed by atoms with van der Waals surface area (Å²) < 4.78 is 7.86. The normalized spacial score (nSPS) is 20.0. The molecule has 3 heterocycles. The molecule has 0 bridgehead atoms. The topological polar surface area (TPSA) is 77.2 Å². The fraction of sp³-hybridized carbons (Fsp3) is 0.500. The first kappa shape index (κ1) is 14.3. The number of hydrogen-bond donors (Lipinski definition) is 1. The van der Waals surface area contributed by atoms with Crippen LogP contribution in [0.15, 0.2) is 23.6 Å². The number of carboxylic acid groups (broad SMARTS) is 1. The van der Waals surface area contributed by atoms with E-state index < -0.39 is 5.97 Å². The number of carboxylic acids is 1. The first-order chi connectivity index (χ1) is 10.2. The van der Waals surface area contributed by atoms with Gasteiger partial charge in [0.1, 0.15) is 5.52 Å². The van der Waals surface area contributed by atoms with Gasteiger partial charge in [-0.05, 0) is 25.8 Å². The van der Waals surface area contributed by atoms with E-state index in [0.29, 0.717) is 5.16 Å². The average Bonchev–Trinajstić information content (AvgIpc) is 3.11. The lowest BCUT2D eigenvalue weighted by molar-refractivity contribution is -0.133. The zero-order valence-electron chi connectivity index (χ0n) is 11.7. The second kappa shape index (κ2) is 6.03. The Hall–Kier alpha value is -1.60. The standard InChI is InChI=1S/C14H17N3O3S/c1-9(12-3-2-6-20-12)17-11-4-5-15-7-10(11)16-14(17)21-8-13(18)19/h4-5,7,9,12H,2-3,6,8H2,1H3,(H,18,19). The third kappa shape index (κ3) is 2.89. The van der Waals surface area contributed by atoms with Crippen molar-refractivity contribution in [2.75, 3.05) is 12.4 Å². The Balaban J connectivity index is 1.99. The average molecular weight is 307 g/mol. The second-order valence-corrected chi connectivity index (χ2v) is 6.05. The summed E-state index contributed by atoms with van der Waals surface area (Å²) in [6, 6.07) is 2.04. The van der Waals surface area contributed by atoms with Crippen LogP contribution in [0.4, 0.5) is 0 Å². The zero-order chi connectivity index (χ0) is 14.8. The number of imidazole rings is 1. The fourth-order valence-electron chi connectivity index (χ4n) is 2.70. The SMILES string of the molecule is CC(C1CCCO1)n1c(SCC(=O)O)nc2cnccc21. The van der Waals surface area contributed by atoms with Gasteiger partial charge < -0.3 is 14.4 Å². The molecular weight excluding hydrogens is 290 g/mol. The monoisotopic (exact) mass is 307 g/mol. The third-order valence-electron chi connectivity index (χ3n) is 3.69. The largest absolute Gasteiger partial charge is 0.481 e. The Morgan fingerprint density at radius 3 is 3.24 bits per heavy atom. The molecule has 21 heavy (non-hydrogen) atoms. The molecule has 2 atom stereocenters.